The number of benzene rings is 3. The van der Waals surface area contributed by atoms with Crippen LogP contribution in [0.4, 0.5) is 11.4 Å². The molecule has 0 radical (unpaired) electrons. The van der Waals surface area contributed by atoms with Crippen LogP contribution < -0.4 is 4.90 Å². The zero-order chi connectivity index (χ0) is 18.9. The summed E-state index contributed by atoms with van der Waals surface area (Å²) in [5.41, 5.74) is 8.43. The molecule has 0 aromatic heterocycles. The Kier molecular flexibility index (Phi) is 4.52. The summed E-state index contributed by atoms with van der Waals surface area (Å²) in [6.45, 7) is 2.24. The van der Waals surface area contributed by atoms with E-state index in [-0.39, 0.29) is 0 Å². The topological polar surface area (TPSA) is 3.24 Å². The second-order valence-electron chi connectivity index (χ2n) is 8.28. The lowest BCUT2D eigenvalue weighted by Crippen LogP contribution is -2.26. The van der Waals surface area contributed by atoms with Crippen molar-refractivity contribution < 1.29 is 0 Å². The van der Waals surface area contributed by atoms with Crippen molar-refractivity contribution in [2.75, 3.05) is 4.90 Å². The average Bonchev–Trinajstić information content (AvgIpc) is 3.30. The highest BCUT2D eigenvalue weighted by molar-refractivity contribution is 5.75. The first-order chi connectivity index (χ1) is 13.8. The zero-order valence-electron chi connectivity index (χ0n) is 16.5. The van der Waals surface area contributed by atoms with Crippen molar-refractivity contribution >= 4 is 17.5 Å². The lowest BCUT2D eigenvalue weighted by atomic mass is 9.95. The van der Waals surface area contributed by atoms with E-state index in [0.29, 0.717) is 12.0 Å². The molecule has 3 aromatic carbocycles. The van der Waals surface area contributed by atoms with Crippen LogP contribution >= 0.6 is 0 Å². The Morgan fingerprint density at radius 2 is 1.68 bits per heavy atom. The van der Waals surface area contributed by atoms with Gasteiger partial charge in [-0.05, 0) is 67.1 Å². The molecule has 1 heterocycles. The molecule has 1 heteroatoms. The van der Waals surface area contributed by atoms with Crippen LogP contribution in [0, 0.1) is 0 Å². The Balaban J connectivity index is 1.47. The molecular weight excluding hydrogens is 338 g/mol. The minimum atomic E-state index is 0.627. The number of para-hydroxylation sites is 1. The molecule has 0 saturated heterocycles. The largest absolute Gasteiger partial charge is 0.338 e. The number of hydrogen-bond acceptors (Lipinski definition) is 1. The van der Waals surface area contributed by atoms with E-state index in [1.807, 2.05) is 0 Å². The van der Waals surface area contributed by atoms with Crippen molar-refractivity contribution in [3.05, 3.63) is 101 Å². The molecule has 1 aliphatic carbocycles. The van der Waals surface area contributed by atoms with Crippen molar-refractivity contribution in [3.63, 3.8) is 0 Å². The first-order valence-corrected chi connectivity index (χ1v) is 10.5. The molecule has 1 nitrogen and oxygen atoms in total. The lowest BCUT2D eigenvalue weighted by Gasteiger charge is -2.27. The maximum absolute atomic E-state index is 2.59. The van der Waals surface area contributed by atoms with Crippen LogP contribution in [0.15, 0.2) is 84.4 Å². The van der Waals surface area contributed by atoms with Gasteiger partial charge in [-0.15, -0.1) is 0 Å². The van der Waals surface area contributed by atoms with Crippen LogP contribution in [0.25, 0.3) is 6.08 Å². The Bertz CT molecular complexity index is 987. The summed E-state index contributed by atoms with van der Waals surface area (Å²) in [6.07, 6.45) is 7.33. The minimum Gasteiger partial charge on any atom is -0.338 e. The van der Waals surface area contributed by atoms with Crippen LogP contribution in [0.3, 0.4) is 0 Å². The van der Waals surface area contributed by atoms with Gasteiger partial charge in [-0.2, -0.15) is 0 Å². The molecule has 0 N–H and O–H groups in total. The molecule has 28 heavy (non-hydrogen) atoms. The SMILES string of the molecule is CC(=Cc1ccc2c(c1)C1CCCC1N2c1ccccc1)Cc1ccccc1. The van der Waals surface area contributed by atoms with Crippen LogP contribution in [0.2, 0.25) is 0 Å². The van der Waals surface area contributed by atoms with E-state index < -0.39 is 0 Å². The highest BCUT2D eigenvalue weighted by atomic mass is 15.2. The normalized spacial score (nSPS) is 20.9. The van der Waals surface area contributed by atoms with Crippen LogP contribution in [0.5, 0.6) is 0 Å². The van der Waals surface area contributed by atoms with Gasteiger partial charge in [0.1, 0.15) is 0 Å². The van der Waals surface area contributed by atoms with Gasteiger partial charge >= 0.3 is 0 Å². The Hall–Kier alpha value is -2.80. The average molecular weight is 366 g/mol. The second-order valence-corrected chi connectivity index (χ2v) is 8.28. The lowest BCUT2D eigenvalue weighted by molar-refractivity contribution is 0.642. The van der Waals surface area contributed by atoms with Crippen molar-refractivity contribution in [2.45, 2.75) is 44.6 Å². The van der Waals surface area contributed by atoms with Crippen LogP contribution in [0.1, 0.15) is 48.8 Å². The maximum Gasteiger partial charge on any atom is 0.0450 e. The van der Waals surface area contributed by atoms with Gasteiger partial charge in [-0.3, -0.25) is 0 Å². The van der Waals surface area contributed by atoms with Crippen molar-refractivity contribution in [1.29, 1.82) is 0 Å². The van der Waals surface area contributed by atoms with Gasteiger partial charge in [0.15, 0.2) is 0 Å². The van der Waals surface area contributed by atoms with Crippen LogP contribution in [-0.2, 0) is 6.42 Å². The standard InChI is InChI=1S/C27H27N/c1-20(17-21-9-4-2-5-10-21)18-22-15-16-27-25(19-22)24-13-8-14-26(24)28(27)23-11-6-3-7-12-23/h2-7,9-12,15-16,18-19,24,26H,8,13-14,17H2,1H3. The highest BCUT2D eigenvalue weighted by Gasteiger charge is 2.41. The molecule has 3 aromatic rings. The molecule has 1 aliphatic heterocycles. The third kappa shape index (κ3) is 3.16. The monoisotopic (exact) mass is 365 g/mol. The van der Waals surface area contributed by atoms with Gasteiger partial charge < -0.3 is 4.90 Å². The van der Waals surface area contributed by atoms with E-state index in [0.717, 1.165) is 6.42 Å². The summed E-state index contributed by atoms with van der Waals surface area (Å²) in [4.78, 5) is 2.59. The molecule has 1 fully saturated rings. The fourth-order valence-electron chi connectivity index (χ4n) is 5.14. The number of anilines is 2. The Morgan fingerprint density at radius 3 is 2.46 bits per heavy atom. The van der Waals surface area contributed by atoms with Gasteiger partial charge in [0.2, 0.25) is 0 Å². The third-order valence-corrected chi connectivity index (χ3v) is 6.29. The summed E-state index contributed by atoms with van der Waals surface area (Å²) in [7, 11) is 0. The number of hydrogen-bond donors (Lipinski definition) is 0. The molecule has 0 spiro atoms. The fourth-order valence-corrected chi connectivity index (χ4v) is 5.14. The smallest absolute Gasteiger partial charge is 0.0450 e. The Labute approximate surface area is 168 Å². The van der Waals surface area contributed by atoms with E-state index in [2.05, 4.69) is 96.8 Å². The summed E-state index contributed by atoms with van der Waals surface area (Å²) in [5, 5.41) is 0. The summed E-state index contributed by atoms with van der Waals surface area (Å²) < 4.78 is 0. The van der Waals surface area contributed by atoms with Crippen LogP contribution in [-0.4, -0.2) is 6.04 Å². The van der Waals surface area contributed by atoms with E-state index in [1.165, 1.54) is 47.3 Å². The number of fused-ring (bicyclic) bond motifs is 3. The predicted molar refractivity (Wildman–Crippen MR) is 119 cm³/mol. The summed E-state index contributed by atoms with van der Waals surface area (Å²) in [6, 6.07) is 29.4. The summed E-state index contributed by atoms with van der Waals surface area (Å²) >= 11 is 0. The number of allylic oxidation sites excluding steroid dienone is 1. The van der Waals surface area contributed by atoms with E-state index in [1.54, 1.807) is 5.56 Å². The zero-order valence-corrected chi connectivity index (χ0v) is 16.5. The molecule has 1 saturated carbocycles. The molecule has 5 rings (SSSR count). The molecule has 2 aliphatic rings. The number of nitrogens with zero attached hydrogens (tertiary/aromatic N) is 1. The second kappa shape index (κ2) is 7.31. The predicted octanol–water partition coefficient (Wildman–Crippen LogP) is 7.12. The van der Waals surface area contributed by atoms with E-state index >= 15 is 0 Å². The molecule has 140 valence electrons. The van der Waals surface area contributed by atoms with E-state index in [9.17, 15) is 0 Å². The van der Waals surface area contributed by atoms with Gasteiger partial charge in [0, 0.05) is 23.3 Å². The first-order valence-electron chi connectivity index (χ1n) is 10.5. The quantitative estimate of drug-likeness (QED) is 0.476. The van der Waals surface area contributed by atoms with Crippen molar-refractivity contribution in [2.24, 2.45) is 0 Å². The Morgan fingerprint density at radius 1 is 0.929 bits per heavy atom. The highest BCUT2D eigenvalue weighted by Crippen LogP contribution is 2.52. The maximum atomic E-state index is 2.59. The number of rotatable bonds is 4. The third-order valence-electron chi connectivity index (χ3n) is 6.29. The molecule has 0 amide bonds. The fraction of sp³-hybridized carbons (Fsp3) is 0.259. The van der Waals surface area contributed by atoms with E-state index in [4.69, 9.17) is 0 Å². The van der Waals surface area contributed by atoms with Gasteiger partial charge in [-0.25, -0.2) is 0 Å². The van der Waals surface area contributed by atoms with Gasteiger partial charge in [-0.1, -0.05) is 72.7 Å². The van der Waals surface area contributed by atoms with Gasteiger partial charge in [0.25, 0.3) is 0 Å². The summed E-state index contributed by atoms with van der Waals surface area (Å²) in [5.74, 6) is 0.679. The molecule has 2 unspecified atom stereocenters. The minimum absolute atomic E-state index is 0.627. The molecular formula is C27H27N. The van der Waals surface area contributed by atoms with Crippen molar-refractivity contribution in [1.82, 2.24) is 0 Å². The first kappa shape index (κ1) is 17.3. The molecule has 2 atom stereocenters. The molecule has 0 bridgehead atoms. The van der Waals surface area contributed by atoms with Crippen molar-refractivity contribution in [3.8, 4) is 0 Å². The van der Waals surface area contributed by atoms with Gasteiger partial charge in [0.05, 0.1) is 0 Å².